The number of hydrogen-bond donors (Lipinski definition) is 1. The van der Waals surface area contributed by atoms with Crippen LogP contribution < -0.4 is 5.32 Å². The largest absolute Gasteiger partial charge is 0.300 e. The highest BCUT2D eigenvalue weighted by Gasteiger charge is 2.18. The Labute approximate surface area is 78.4 Å². The molecule has 0 aliphatic carbocycles. The second-order valence-corrected chi connectivity index (χ2v) is 3.03. The van der Waals surface area contributed by atoms with Crippen LogP contribution in [0.4, 0.5) is 0 Å². The lowest BCUT2D eigenvalue weighted by Gasteiger charge is -2.20. The number of azide groups is 1. The molecular weight excluding hydrogens is 166 g/mol. The molecule has 0 aliphatic heterocycles. The molecule has 0 aromatic carbocycles. The number of nitriles is 1. The highest BCUT2D eigenvalue weighted by molar-refractivity contribution is 5.02. The van der Waals surface area contributed by atoms with Crippen LogP contribution in [-0.4, -0.2) is 18.6 Å². The molecule has 0 radical (unpaired) electrons. The fourth-order valence-corrected chi connectivity index (χ4v) is 0.802. The van der Waals surface area contributed by atoms with Gasteiger partial charge in [0.25, 0.3) is 0 Å². The van der Waals surface area contributed by atoms with E-state index in [1.54, 1.807) is 0 Å². The molecule has 0 rings (SSSR count). The number of rotatable bonds is 6. The molecule has 1 atom stereocenters. The maximum Gasteiger partial charge on any atom is 0.103 e. The third kappa shape index (κ3) is 5.07. The second kappa shape index (κ2) is 6.30. The minimum Gasteiger partial charge on any atom is -0.300 e. The molecule has 0 amide bonds. The Morgan fingerprint density at radius 2 is 2.38 bits per heavy atom. The minimum atomic E-state index is -0.448. The molecule has 0 aromatic heterocycles. The predicted molar refractivity (Wildman–Crippen MR) is 50.9 cm³/mol. The van der Waals surface area contributed by atoms with Crippen molar-refractivity contribution in [2.75, 3.05) is 13.1 Å². The summed E-state index contributed by atoms with van der Waals surface area (Å²) in [6.45, 7) is 5.01. The van der Waals surface area contributed by atoms with Gasteiger partial charge in [-0.1, -0.05) is 12.0 Å². The molecule has 0 saturated carbocycles. The van der Waals surface area contributed by atoms with E-state index in [1.807, 2.05) is 13.8 Å². The molecule has 0 aromatic rings. The number of nitrogens with zero attached hydrogens (tertiary/aromatic N) is 4. The van der Waals surface area contributed by atoms with Gasteiger partial charge in [0.15, 0.2) is 0 Å². The Bertz CT molecular complexity index is 225. The first-order valence-corrected chi connectivity index (χ1v) is 4.35. The van der Waals surface area contributed by atoms with E-state index in [1.165, 1.54) is 0 Å². The molecular formula is C8H15N5. The average Bonchev–Trinajstić information content (AvgIpc) is 2.17. The first-order chi connectivity index (χ1) is 6.18. The SMILES string of the molecule is CCC(C)(C#N)NCCCN=[N+]=[N-]. The molecule has 1 unspecified atom stereocenters. The lowest BCUT2D eigenvalue weighted by atomic mass is 10.0. The summed E-state index contributed by atoms with van der Waals surface area (Å²) in [5, 5.41) is 15.3. The number of hydrogen-bond acceptors (Lipinski definition) is 3. The van der Waals surface area contributed by atoms with E-state index in [2.05, 4.69) is 21.4 Å². The minimum absolute atomic E-state index is 0.448. The van der Waals surface area contributed by atoms with Crippen molar-refractivity contribution in [3.63, 3.8) is 0 Å². The van der Waals surface area contributed by atoms with Gasteiger partial charge in [-0.05, 0) is 31.8 Å². The van der Waals surface area contributed by atoms with Crippen molar-refractivity contribution < 1.29 is 0 Å². The van der Waals surface area contributed by atoms with Crippen LogP contribution in [0.1, 0.15) is 26.7 Å². The summed E-state index contributed by atoms with van der Waals surface area (Å²) >= 11 is 0. The van der Waals surface area contributed by atoms with Crippen LogP contribution in [-0.2, 0) is 0 Å². The molecule has 0 bridgehead atoms. The third-order valence-electron chi connectivity index (χ3n) is 1.97. The molecule has 0 fully saturated rings. The zero-order valence-electron chi connectivity index (χ0n) is 8.12. The van der Waals surface area contributed by atoms with Crippen LogP contribution in [0.15, 0.2) is 5.11 Å². The van der Waals surface area contributed by atoms with Crippen molar-refractivity contribution in [3.05, 3.63) is 10.4 Å². The van der Waals surface area contributed by atoms with E-state index in [0.717, 1.165) is 12.8 Å². The van der Waals surface area contributed by atoms with Gasteiger partial charge in [-0.15, -0.1) is 0 Å². The standard InChI is InChI=1S/C8H15N5/c1-3-8(2,7-9)11-5-4-6-12-13-10/h11H,3-6H2,1-2H3. The van der Waals surface area contributed by atoms with Gasteiger partial charge in [-0.3, -0.25) is 5.32 Å². The van der Waals surface area contributed by atoms with E-state index in [9.17, 15) is 0 Å². The van der Waals surface area contributed by atoms with E-state index >= 15 is 0 Å². The molecule has 0 saturated heterocycles. The third-order valence-corrected chi connectivity index (χ3v) is 1.97. The summed E-state index contributed by atoms with van der Waals surface area (Å²) in [6.07, 6.45) is 1.53. The van der Waals surface area contributed by atoms with Crippen molar-refractivity contribution in [2.45, 2.75) is 32.2 Å². The van der Waals surface area contributed by atoms with Gasteiger partial charge in [0.05, 0.1) is 6.07 Å². The van der Waals surface area contributed by atoms with Gasteiger partial charge in [-0.2, -0.15) is 5.26 Å². The maximum atomic E-state index is 8.79. The van der Waals surface area contributed by atoms with Crippen molar-refractivity contribution in [3.8, 4) is 6.07 Å². The molecule has 5 nitrogen and oxygen atoms in total. The van der Waals surface area contributed by atoms with Crippen molar-refractivity contribution in [2.24, 2.45) is 5.11 Å². The van der Waals surface area contributed by atoms with Crippen LogP contribution in [0.2, 0.25) is 0 Å². The van der Waals surface area contributed by atoms with Gasteiger partial charge in [0, 0.05) is 11.5 Å². The van der Waals surface area contributed by atoms with E-state index in [0.29, 0.717) is 13.1 Å². The molecule has 0 spiro atoms. The Hall–Kier alpha value is -1.24. The molecule has 72 valence electrons. The first-order valence-electron chi connectivity index (χ1n) is 4.35. The molecule has 0 aliphatic rings. The molecule has 5 heteroatoms. The lowest BCUT2D eigenvalue weighted by molar-refractivity contribution is 0.432. The summed E-state index contributed by atoms with van der Waals surface area (Å²) in [5.74, 6) is 0. The molecule has 1 N–H and O–H groups in total. The van der Waals surface area contributed by atoms with E-state index < -0.39 is 5.54 Å². The van der Waals surface area contributed by atoms with Gasteiger partial charge in [-0.25, -0.2) is 0 Å². The van der Waals surface area contributed by atoms with Crippen molar-refractivity contribution in [1.82, 2.24) is 5.32 Å². The van der Waals surface area contributed by atoms with Gasteiger partial charge in [0.2, 0.25) is 0 Å². The summed E-state index contributed by atoms with van der Waals surface area (Å²) < 4.78 is 0. The number of nitrogens with one attached hydrogen (secondary N) is 1. The summed E-state index contributed by atoms with van der Waals surface area (Å²) in [6, 6.07) is 2.20. The van der Waals surface area contributed by atoms with Crippen LogP contribution in [0.25, 0.3) is 10.4 Å². The monoisotopic (exact) mass is 181 g/mol. The average molecular weight is 181 g/mol. The topological polar surface area (TPSA) is 84.6 Å². The summed E-state index contributed by atoms with van der Waals surface area (Å²) in [5.41, 5.74) is 7.56. The van der Waals surface area contributed by atoms with Crippen LogP contribution in [0.3, 0.4) is 0 Å². The lowest BCUT2D eigenvalue weighted by Crippen LogP contribution is -2.40. The van der Waals surface area contributed by atoms with Crippen LogP contribution in [0, 0.1) is 11.3 Å². The zero-order chi connectivity index (χ0) is 10.2. The van der Waals surface area contributed by atoms with Gasteiger partial charge >= 0.3 is 0 Å². The highest BCUT2D eigenvalue weighted by atomic mass is 15.1. The highest BCUT2D eigenvalue weighted by Crippen LogP contribution is 2.06. The molecule has 0 heterocycles. The summed E-state index contributed by atoms with van der Waals surface area (Å²) in [4.78, 5) is 2.64. The van der Waals surface area contributed by atoms with Crippen LogP contribution >= 0.6 is 0 Å². The Kier molecular flexibility index (Phi) is 5.69. The van der Waals surface area contributed by atoms with E-state index in [4.69, 9.17) is 10.8 Å². The first kappa shape index (κ1) is 11.8. The van der Waals surface area contributed by atoms with Gasteiger partial charge < -0.3 is 0 Å². The summed E-state index contributed by atoms with van der Waals surface area (Å²) in [7, 11) is 0. The van der Waals surface area contributed by atoms with E-state index in [-0.39, 0.29) is 0 Å². The Morgan fingerprint density at radius 1 is 1.69 bits per heavy atom. The Balaban J connectivity index is 3.63. The predicted octanol–water partition coefficient (Wildman–Crippen LogP) is 1.97. The fraction of sp³-hybridized carbons (Fsp3) is 0.875. The fourth-order valence-electron chi connectivity index (χ4n) is 0.802. The second-order valence-electron chi connectivity index (χ2n) is 3.03. The van der Waals surface area contributed by atoms with Crippen molar-refractivity contribution >= 4 is 0 Å². The quantitative estimate of drug-likeness (QED) is 0.294. The van der Waals surface area contributed by atoms with Crippen molar-refractivity contribution in [1.29, 1.82) is 5.26 Å². The van der Waals surface area contributed by atoms with Gasteiger partial charge in [0.1, 0.15) is 5.54 Å². The molecule has 13 heavy (non-hydrogen) atoms. The normalized spacial score (nSPS) is 13.9. The smallest absolute Gasteiger partial charge is 0.103 e. The maximum absolute atomic E-state index is 8.79. The van der Waals surface area contributed by atoms with Crippen LogP contribution in [0.5, 0.6) is 0 Å². The Morgan fingerprint density at radius 3 is 2.85 bits per heavy atom. The zero-order valence-corrected chi connectivity index (χ0v) is 8.12.